The third kappa shape index (κ3) is 3.16. The van der Waals surface area contributed by atoms with Crippen LogP contribution in [-0.4, -0.2) is 12.4 Å². The third-order valence-corrected chi connectivity index (χ3v) is 4.71. The summed E-state index contributed by atoms with van der Waals surface area (Å²) in [6.45, 7) is 0.675. The van der Waals surface area contributed by atoms with Crippen LogP contribution < -0.4 is 4.74 Å². The number of hydrogen-bond donors (Lipinski definition) is 1. The predicted molar refractivity (Wildman–Crippen MR) is 74.3 cm³/mol. The molecule has 0 amide bonds. The van der Waals surface area contributed by atoms with Gasteiger partial charge in [0.1, 0.15) is 11.6 Å². The van der Waals surface area contributed by atoms with Crippen molar-refractivity contribution in [2.75, 3.05) is 12.4 Å². The van der Waals surface area contributed by atoms with E-state index in [0.717, 1.165) is 5.75 Å². The van der Waals surface area contributed by atoms with Gasteiger partial charge in [-0.05, 0) is 52.7 Å². The average molecular weight is 319 g/mol. The smallest absolute Gasteiger partial charge is 0.137 e. The van der Waals surface area contributed by atoms with Crippen molar-refractivity contribution in [3.63, 3.8) is 0 Å². The first kappa shape index (κ1) is 13.2. The van der Waals surface area contributed by atoms with E-state index in [4.69, 9.17) is 4.74 Å². The summed E-state index contributed by atoms with van der Waals surface area (Å²) in [5, 5.41) is 0. The van der Waals surface area contributed by atoms with E-state index in [2.05, 4.69) is 28.6 Å². The molecule has 0 atom stereocenters. The second-order valence-corrected chi connectivity index (χ2v) is 5.90. The molecule has 2 rings (SSSR count). The fourth-order valence-electron chi connectivity index (χ4n) is 2.28. The van der Waals surface area contributed by atoms with Crippen LogP contribution in [0.3, 0.4) is 0 Å². The second-order valence-electron chi connectivity index (χ2n) is 4.73. The van der Waals surface area contributed by atoms with Gasteiger partial charge in [-0.2, -0.15) is 12.6 Å². The molecule has 0 radical (unpaired) electrons. The van der Waals surface area contributed by atoms with Crippen LogP contribution in [0.4, 0.5) is 4.39 Å². The summed E-state index contributed by atoms with van der Waals surface area (Å²) in [7, 11) is 0. The van der Waals surface area contributed by atoms with E-state index in [1.54, 1.807) is 12.1 Å². The highest BCUT2D eigenvalue weighted by atomic mass is 79.9. The van der Waals surface area contributed by atoms with E-state index in [-0.39, 0.29) is 11.2 Å². The van der Waals surface area contributed by atoms with Crippen LogP contribution in [0.2, 0.25) is 0 Å². The number of benzene rings is 1. The van der Waals surface area contributed by atoms with Gasteiger partial charge < -0.3 is 4.74 Å². The average Bonchev–Trinajstić information content (AvgIpc) is 2.80. The molecule has 0 aliphatic heterocycles. The van der Waals surface area contributed by atoms with E-state index in [9.17, 15) is 4.39 Å². The van der Waals surface area contributed by atoms with Crippen molar-refractivity contribution in [1.29, 1.82) is 0 Å². The largest absolute Gasteiger partial charge is 0.493 e. The van der Waals surface area contributed by atoms with E-state index in [0.29, 0.717) is 16.8 Å². The Hall–Kier alpha value is -0.220. The first-order valence-corrected chi connectivity index (χ1v) is 7.26. The van der Waals surface area contributed by atoms with Crippen molar-refractivity contribution in [3.05, 3.63) is 28.5 Å². The molecule has 0 unspecified atom stereocenters. The minimum absolute atomic E-state index is 0.212. The van der Waals surface area contributed by atoms with Crippen LogP contribution in [0.15, 0.2) is 22.7 Å². The topological polar surface area (TPSA) is 9.23 Å². The van der Waals surface area contributed by atoms with E-state index in [1.165, 1.54) is 31.7 Å². The molecular formula is C13H16BrFOS. The second kappa shape index (κ2) is 5.61. The van der Waals surface area contributed by atoms with Crippen LogP contribution in [-0.2, 0) is 0 Å². The summed E-state index contributed by atoms with van der Waals surface area (Å²) in [5.74, 6) is 1.31. The Balaban J connectivity index is 1.99. The van der Waals surface area contributed by atoms with Gasteiger partial charge >= 0.3 is 0 Å². The molecule has 0 aromatic heterocycles. The summed E-state index contributed by atoms with van der Waals surface area (Å²) in [6, 6.07) is 4.76. The van der Waals surface area contributed by atoms with Gasteiger partial charge in [-0.15, -0.1) is 0 Å². The molecule has 94 valence electrons. The Kier molecular flexibility index (Phi) is 4.36. The summed E-state index contributed by atoms with van der Waals surface area (Å²) in [5.41, 5.74) is 0.212. The highest BCUT2D eigenvalue weighted by Gasteiger charge is 2.33. The molecule has 17 heavy (non-hydrogen) atoms. The van der Waals surface area contributed by atoms with Gasteiger partial charge in [0.05, 0.1) is 11.1 Å². The van der Waals surface area contributed by atoms with Crippen LogP contribution in [0.25, 0.3) is 0 Å². The molecule has 0 saturated heterocycles. The van der Waals surface area contributed by atoms with Gasteiger partial charge in [0.15, 0.2) is 0 Å². The Morgan fingerprint density at radius 3 is 2.65 bits per heavy atom. The number of ether oxygens (including phenoxy) is 1. The molecule has 0 N–H and O–H groups in total. The maximum Gasteiger partial charge on any atom is 0.137 e. The number of halogens is 2. The zero-order valence-electron chi connectivity index (χ0n) is 9.59. The quantitative estimate of drug-likeness (QED) is 0.806. The Morgan fingerprint density at radius 1 is 1.35 bits per heavy atom. The molecule has 1 aromatic carbocycles. The van der Waals surface area contributed by atoms with Crippen LogP contribution in [0, 0.1) is 11.2 Å². The lowest BCUT2D eigenvalue weighted by Gasteiger charge is -2.26. The fraction of sp³-hybridized carbons (Fsp3) is 0.538. The number of rotatable bonds is 4. The van der Waals surface area contributed by atoms with Gasteiger partial charge in [-0.25, -0.2) is 4.39 Å². The maximum absolute atomic E-state index is 13.1. The Bertz CT molecular complexity index is 391. The van der Waals surface area contributed by atoms with Crippen LogP contribution in [0.1, 0.15) is 25.7 Å². The summed E-state index contributed by atoms with van der Waals surface area (Å²) in [6.07, 6.45) is 4.88. The number of thiol groups is 1. The zero-order chi connectivity index (χ0) is 12.3. The fourth-order valence-corrected chi connectivity index (χ4v) is 3.04. The molecule has 4 heteroatoms. The molecular weight excluding hydrogens is 303 g/mol. The highest BCUT2D eigenvalue weighted by molar-refractivity contribution is 9.10. The standard InChI is InChI=1S/C13H16BrFOS/c14-11-7-10(3-4-12(11)15)16-8-13(9-17)5-1-2-6-13/h3-4,7,17H,1-2,5-6,8-9H2. The lowest BCUT2D eigenvalue weighted by Crippen LogP contribution is -2.27. The van der Waals surface area contributed by atoms with Crippen LogP contribution >= 0.6 is 28.6 Å². The first-order valence-electron chi connectivity index (χ1n) is 5.84. The summed E-state index contributed by atoms with van der Waals surface area (Å²) in [4.78, 5) is 0. The molecule has 1 aromatic rings. The highest BCUT2D eigenvalue weighted by Crippen LogP contribution is 2.39. The van der Waals surface area contributed by atoms with Crippen molar-refractivity contribution in [2.24, 2.45) is 5.41 Å². The minimum atomic E-state index is -0.262. The maximum atomic E-state index is 13.1. The monoisotopic (exact) mass is 318 g/mol. The minimum Gasteiger partial charge on any atom is -0.493 e. The SMILES string of the molecule is Fc1ccc(OCC2(CS)CCCC2)cc1Br. The Labute approximate surface area is 115 Å². The molecule has 0 heterocycles. The zero-order valence-corrected chi connectivity index (χ0v) is 12.1. The summed E-state index contributed by atoms with van der Waals surface area (Å²) >= 11 is 7.60. The van der Waals surface area contributed by atoms with Crippen molar-refractivity contribution in [2.45, 2.75) is 25.7 Å². The van der Waals surface area contributed by atoms with Crippen LogP contribution in [0.5, 0.6) is 5.75 Å². The Morgan fingerprint density at radius 2 is 2.06 bits per heavy atom. The van der Waals surface area contributed by atoms with Crippen molar-refractivity contribution in [3.8, 4) is 5.75 Å². The van der Waals surface area contributed by atoms with E-state index < -0.39 is 0 Å². The van der Waals surface area contributed by atoms with Crippen molar-refractivity contribution < 1.29 is 9.13 Å². The van der Waals surface area contributed by atoms with Crippen molar-refractivity contribution in [1.82, 2.24) is 0 Å². The normalized spacial score (nSPS) is 18.3. The molecule has 1 fully saturated rings. The number of hydrogen-bond acceptors (Lipinski definition) is 2. The van der Waals surface area contributed by atoms with Gasteiger partial charge in [0, 0.05) is 5.41 Å². The molecule has 1 aliphatic rings. The molecule has 1 saturated carbocycles. The predicted octanol–water partition coefficient (Wildman–Crippen LogP) is 4.46. The van der Waals surface area contributed by atoms with E-state index in [1.807, 2.05) is 0 Å². The van der Waals surface area contributed by atoms with Gasteiger partial charge in [0.2, 0.25) is 0 Å². The molecule has 0 spiro atoms. The lowest BCUT2D eigenvalue weighted by molar-refractivity contribution is 0.173. The third-order valence-electron chi connectivity index (χ3n) is 3.44. The molecule has 1 aliphatic carbocycles. The van der Waals surface area contributed by atoms with Gasteiger partial charge in [0.25, 0.3) is 0 Å². The van der Waals surface area contributed by atoms with Gasteiger partial charge in [-0.3, -0.25) is 0 Å². The van der Waals surface area contributed by atoms with Gasteiger partial charge in [-0.1, -0.05) is 12.8 Å². The summed E-state index contributed by atoms with van der Waals surface area (Å²) < 4.78 is 19.3. The van der Waals surface area contributed by atoms with E-state index >= 15 is 0 Å². The first-order chi connectivity index (χ1) is 8.15. The lowest BCUT2D eigenvalue weighted by atomic mass is 9.90. The molecule has 0 bridgehead atoms. The molecule has 1 nitrogen and oxygen atoms in total. The van der Waals surface area contributed by atoms with Crippen molar-refractivity contribution >= 4 is 28.6 Å².